The molecule has 5 nitrogen and oxygen atoms in total. The first kappa shape index (κ1) is 13.0. The van der Waals surface area contributed by atoms with Crippen LogP contribution in [0.4, 0.5) is 0 Å². The molecule has 5 heteroatoms. The highest BCUT2D eigenvalue weighted by atomic mass is 16.7. The summed E-state index contributed by atoms with van der Waals surface area (Å²) in [7, 11) is 1.56. The highest BCUT2D eigenvalue weighted by Crippen LogP contribution is 2.33. The highest BCUT2D eigenvalue weighted by molar-refractivity contribution is 5.16. The number of hydrogen-bond acceptors (Lipinski definition) is 5. The fourth-order valence-corrected chi connectivity index (χ4v) is 2.52. The Morgan fingerprint density at radius 3 is 2.74 bits per heavy atom. The maximum atomic E-state index is 10.1. The molecule has 0 bridgehead atoms. The number of aliphatic hydroxyl groups is 1. The lowest BCUT2D eigenvalue weighted by atomic mass is 10.0. The van der Waals surface area contributed by atoms with Gasteiger partial charge in [-0.2, -0.15) is 0 Å². The zero-order valence-electron chi connectivity index (χ0n) is 10.8. The van der Waals surface area contributed by atoms with E-state index in [0.29, 0.717) is 13.0 Å². The predicted octanol–water partition coefficient (Wildman–Crippen LogP) is 1.22. The molecule has 3 rings (SSSR count). The highest BCUT2D eigenvalue weighted by Gasteiger charge is 2.43. The molecule has 2 fully saturated rings. The Morgan fingerprint density at radius 2 is 2.00 bits per heavy atom. The first-order valence-corrected chi connectivity index (χ1v) is 6.46. The molecule has 19 heavy (non-hydrogen) atoms. The van der Waals surface area contributed by atoms with Crippen molar-refractivity contribution in [1.82, 2.24) is 0 Å². The lowest BCUT2D eigenvalue weighted by molar-refractivity contribution is -0.334. The van der Waals surface area contributed by atoms with E-state index in [0.717, 1.165) is 5.56 Å². The minimum atomic E-state index is -0.598. The first-order valence-electron chi connectivity index (χ1n) is 6.46. The second-order valence-electron chi connectivity index (χ2n) is 4.82. The van der Waals surface area contributed by atoms with E-state index in [9.17, 15) is 5.11 Å². The molecule has 1 aromatic carbocycles. The Bertz CT molecular complexity index is 410. The van der Waals surface area contributed by atoms with Gasteiger partial charge in [-0.15, -0.1) is 0 Å². The minimum absolute atomic E-state index is 0.284. The molecule has 5 atom stereocenters. The second-order valence-corrected chi connectivity index (χ2v) is 4.82. The molecule has 0 saturated carbocycles. The molecule has 1 N–H and O–H groups in total. The largest absolute Gasteiger partial charge is 0.390 e. The molecule has 1 aromatic rings. The number of fused-ring (bicyclic) bond motifs is 1. The van der Waals surface area contributed by atoms with Crippen molar-refractivity contribution < 1.29 is 24.1 Å². The lowest BCUT2D eigenvalue weighted by Gasteiger charge is -2.43. The van der Waals surface area contributed by atoms with Gasteiger partial charge >= 0.3 is 0 Å². The van der Waals surface area contributed by atoms with Gasteiger partial charge in [0.15, 0.2) is 12.6 Å². The van der Waals surface area contributed by atoms with Crippen molar-refractivity contribution >= 4 is 0 Å². The quantitative estimate of drug-likeness (QED) is 0.872. The van der Waals surface area contributed by atoms with Crippen LogP contribution in [0.1, 0.15) is 18.3 Å². The fourth-order valence-electron chi connectivity index (χ4n) is 2.52. The minimum Gasteiger partial charge on any atom is -0.390 e. The first-order chi connectivity index (χ1) is 9.28. The van der Waals surface area contributed by atoms with Crippen LogP contribution in [0, 0.1) is 0 Å². The van der Waals surface area contributed by atoms with E-state index >= 15 is 0 Å². The zero-order valence-corrected chi connectivity index (χ0v) is 10.8. The van der Waals surface area contributed by atoms with Crippen molar-refractivity contribution in [2.24, 2.45) is 0 Å². The van der Waals surface area contributed by atoms with Crippen LogP contribution in [-0.4, -0.2) is 43.4 Å². The van der Waals surface area contributed by atoms with Gasteiger partial charge in [0, 0.05) is 19.1 Å². The van der Waals surface area contributed by atoms with Gasteiger partial charge in [0.05, 0.1) is 12.7 Å². The molecule has 2 aliphatic heterocycles. The summed E-state index contributed by atoms with van der Waals surface area (Å²) in [6.07, 6.45) is -1.67. The van der Waals surface area contributed by atoms with Crippen LogP contribution >= 0.6 is 0 Å². The number of aliphatic hydroxyl groups excluding tert-OH is 1. The predicted molar refractivity (Wildman–Crippen MR) is 66.3 cm³/mol. The number of rotatable bonds is 2. The molecule has 2 heterocycles. The SMILES string of the molecule is CO[C@@H]1C[C@@H](O)[C@H]2OC(c3ccccc3)OC[C@H]2O1. The van der Waals surface area contributed by atoms with Crippen molar-refractivity contribution in [3.8, 4) is 0 Å². The number of ether oxygens (including phenoxy) is 4. The van der Waals surface area contributed by atoms with Gasteiger partial charge in [0.2, 0.25) is 0 Å². The molecule has 2 aliphatic rings. The topological polar surface area (TPSA) is 57.2 Å². The molecule has 2 saturated heterocycles. The summed E-state index contributed by atoms with van der Waals surface area (Å²) >= 11 is 0. The fraction of sp³-hybridized carbons (Fsp3) is 0.571. The van der Waals surface area contributed by atoms with Crippen LogP contribution < -0.4 is 0 Å². The van der Waals surface area contributed by atoms with Crippen molar-refractivity contribution in [3.63, 3.8) is 0 Å². The zero-order chi connectivity index (χ0) is 13.2. The van der Waals surface area contributed by atoms with Crippen LogP contribution in [-0.2, 0) is 18.9 Å². The van der Waals surface area contributed by atoms with Crippen LogP contribution in [0.25, 0.3) is 0 Å². The Labute approximate surface area is 112 Å². The average molecular weight is 266 g/mol. The van der Waals surface area contributed by atoms with E-state index in [2.05, 4.69) is 0 Å². The van der Waals surface area contributed by atoms with E-state index < -0.39 is 18.7 Å². The van der Waals surface area contributed by atoms with Gasteiger partial charge in [-0.25, -0.2) is 0 Å². The maximum absolute atomic E-state index is 10.1. The van der Waals surface area contributed by atoms with E-state index in [4.69, 9.17) is 18.9 Å². The lowest BCUT2D eigenvalue weighted by Crippen LogP contribution is -2.55. The number of methoxy groups -OCH3 is 1. The van der Waals surface area contributed by atoms with Gasteiger partial charge in [-0.05, 0) is 0 Å². The molecule has 0 radical (unpaired) electrons. The van der Waals surface area contributed by atoms with Crippen LogP contribution in [0.3, 0.4) is 0 Å². The summed E-state index contributed by atoms with van der Waals surface area (Å²) in [5.41, 5.74) is 0.946. The van der Waals surface area contributed by atoms with Crippen molar-refractivity contribution in [3.05, 3.63) is 35.9 Å². The van der Waals surface area contributed by atoms with Gasteiger partial charge in [-0.3, -0.25) is 0 Å². The Balaban J connectivity index is 1.70. The Morgan fingerprint density at radius 1 is 1.21 bits per heavy atom. The maximum Gasteiger partial charge on any atom is 0.184 e. The summed E-state index contributed by atoms with van der Waals surface area (Å²) in [5, 5.41) is 10.1. The van der Waals surface area contributed by atoms with Crippen LogP contribution in [0.5, 0.6) is 0 Å². The third-order valence-corrected chi connectivity index (χ3v) is 3.53. The van der Waals surface area contributed by atoms with Crippen molar-refractivity contribution in [1.29, 1.82) is 0 Å². The summed E-state index contributed by atoms with van der Waals surface area (Å²) < 4.78 is 22.3. The summed E-state index contributed by atoms with van der Waals surface area (Å²) in [4.78, 5) is 0. The van der Waals surface area contributed by atoms with Crippen LogP contribution in [0.15, 0.2) is 30.3 Å². The van der Waals surface area contributed by atoms with Gasteiger partial charge in [-0.1, -0.05) is 30.3 Å². The van der Waals surface area contributed by atoms with Crippen LogP contribution in [0.2, 0.25) is 0 Å². The van der Waals surface area contributed by atoms with Gasteiger partial charge in [0.25, 0.3) is 0 Å². The third-order valence-electron chi connectivity index (χ3n) is 3.53. The second kappa shape index (κ2) is 5.56. The van der Waals surface area contributed by atoms with E-state index in [1.807, 2.05) is 30.3 Å². The molecule has 0 amide bonds. The van der Waals surface area contributed by atoms with Gasteiger partial charge < -0.3 is 24.1 Å². The molecule has 1 unspecified atom stereocenters. The van der Waals surface area contributed by atoms with Crippen molar-refractivity contribution in [2.75, 3.05) is 13.7 Å². The summed E-state index contributed by atoms with van der Waals surface area (Å²) in [6.45, 7) is 0.390. The molecule has 0 aromatic heterocycles. The van der Waals surface area contributed by atoms with Gasteiger partial charge in [0.1, 0.15) is 12.2 Å². The van der Waals surface area contributed by atoms with Crippen molar-refractivity contribution in [2.45, 2.75) is 37.3 Å². The molecular formula is C14H18O5. The normalized spacial score (nSPS) is 38.7. The third kappa shape index (κ3) is 2.66. The Hall–Kier alpha value is -0.980. The van der Waals surface area contributed by atoms with E-state index in [-0.39, 0.29) is 12.2 Å². The number of benzene rings is 1. The Kier molecular flexibility index (Phi) is 3.81. The standard InChI is InChI=1S/C14H18O5/c1-16-12-7-10(15)13-11(18-12)8-17-14(19-13)9-5-3-2-4-6-9/h2-6,10-15H,7-8H2,1H3/t10-,11-,12+,13-,14?/m1/s1. The molecular weight excluding hydrogens is 248 g/mol. The monoisotopic (exact) mass is 266 g/mol. The molecule has 0 aliphatic carbocycles. The molecule has 0 spiro atoms. The van der Waals surface area contributed by atoms with E-state index in [1.54, 1.807) is 7.11 Å². The molecule has 104 valence electrons. The average Bonchev–Trinajstić information content (AvgIpc) is 2.47. The number of hydrogen-bond donors (Lipinski definition) is 1. The van der Waals surface area contributed by atoms with E-state index in [1.165, 1.54) is 0 Å². The summed E-state index contributed by atoms with van der Waals surface area (Å²) in [6, 6.07) is 9.70. The summed E-state index contributed by atoms with van der Waals surface area (Å²) in [5.74, 6) is 0. The smallest absolute Gasteiger partial charge is 0.184 e.